The van der Waals surface area contributed by atoms with Gasteiger partial charge in [0.2, 0.25) is 0 Å². The summed E-state index contributed by atoms with van der Waals surface area (Å²) in [6.07, 6.45) is 1.77. The van der Waals surface area contributed by atoms with Gasteiger partial charge in [0.15, 0.2) is 0 Å². The van der Waals surface area contributed by atoms with Crippen LogP contribution in [0.25, 0.3) is 0 Å². The van der Waals surface area contributed by atoms with Crippen molar-refractivity contribution >= 4 is 11.6 Å². The maximum atomic E-state index is 6.01. The van der Waals surface area contributed by atoms with Gasteiger partial charge in [-0.2, -0.15) is 0 Å². The standard InChI is InChI=1S/C16H20ClNO2/c1-4-18-8-13-7-15(19-9-13)10-20-16-11(2)5-14(17)6-12(16)3/h5-7,9,18H,4,8,10H2,1-3H3. The fourth-order valence-corrected chi connectivity index (χ4v) is 2.46. The number of halogens is 1. The molecule has 20 heavy (non-hydrogen) atoms. The largest absolute Gasteiger partial charge is 0.485 e. The number of aryl methyl sites for hydroxylation is 2. The minimum absolute atomic E-state index is 0.426. The Labute approximate surface area is 124 Å². The van der Waals surface area contributed by atoms with E-state index in [4.69, 9.17) is 20.8 Å². The van der Waals surface area contributed by atoms with E-state index in [1.54, 1.807) is 6.26 Å². The first-order valence-corrected chi connectivity index (χ1v) is 7.14. The van der Waals surface area contributed by atoms with Gasteiger partial charge < -0.3 is 14.5 Å². The number of benzene rings is 1. The average molecular weight is 294 g/mol. The second kappa shape index (κ2) is 6.82. The van der Waals surface area contributed by atoms with Crippen molar-refractivity contribution < 1.29 is 9.15 Å². The van der Waals surface area contributed by atoms with Crippen molar-refractivity contribution in [3.05, 3.63) is 51.9 Å². The summed E-state index contributed by atoms with van der Waals surface area (Å²) in [5, 5.41) is 4.00. The van der Waals surface area contributed by atoms with Crippen LogP contribution in [-0.2, 0) is 13.2 Å². The van der Waals surface area contributed by atoms with E-state index in [9.17, 15) is 0 Å². The summed E-state index contributed by atoms with van der Waals surface area (Å²) in [6.45, 7) is 8.25. The van der Waals surface area contributed by atoms with E-state index < -0.39 is 0 Å². The maximum absolute atomic E-state index is 6.01. The highest BCUT2D eigenvalue weighted by molar-refractivity contribution is 6.30. The molecule has 0 fully saturated rings. The molecule has 0 bridgehead atoms. The van der Waals surface area contributed by atoms with Crippen molar-refractivity contribution in [2.24, 2.45) is 0 Å². The normalized spacial score (nSPS) is 10.8. The summed E-state index contributed by atoms with van der Waals surface area (Å²) in [4.78, 5) is 0. The molecule has 108 valence electrons. The van der Waals surface area contributed by atoms with Crippen LogP contribution in [0.3, 0.4) is 0 Å². The third-order valence-electron chi connectivity index (χ3n) is 3.07. The number of rotatable bonds is 6. The molecule has 4 heteroatoms. The predicted octanol–water partition coefficient (Wildman–Crippen LogP) is 4.24. The van der Waals surface area contributed by atoms with E-state index >= 15 is 0 Å². The molecular formula is C16H20ClNO2. The van der Waals surface area contributed by atoms with Crippen LogP contribution in [0.4, 0.5) is 0 Å². The molecule has 0 unspecified atom stereocenters. The first-order valence-electron chi connectivity index (χ1n) is 6.76. The Morgan fingerprint density at radius 1 is 1.20 bits per heavy atom. The summed E-state index contributed by atoms with van der Waals surface area (Å²) in [5.41, 5.74) is 3.21. The van der Waals surface area contributed by atoms with Gasteiger partial charge in [-0.1, -0.05) is 18.5 Å². The zero-order valence-corrected chi connectivity index (χ0v) is 12.9. The van der Waals surface area contributed by atoms with Gasteiger partial charge in [0.05, 0.1) is 6.26 Å². The monoisotopic (exact) mass is 293 g/mol. The molecule has 0 aliphatic rings. The average Bonchev–Trinajstić information content (AvgIpc) is 2.83. The SMILES string of the molecule is CCNCc1coc(COc2c(C)cc(Cl)cc2C)c1. The van der Waals surface area contributed by atoms with Crippen molar-refractivity contribution in [2.75, 3.05) is 6.54 Å². The molecule has 1 aromatic carbocycles. The first-order chi connectivity index (χ1) is 9.60. The summed E-state index contributed by atoms with van der Waals surface area (Å²) in [5.74, 6) is 1.70. The molecule has 0 radical (unpaired) electrons. The van der Waals surface area contributed by atoms with E-state index in [0.29, 0.717) is 6.61 Å². The third kappa shape index (κ3) is 3.78. The Kier molecular flexibility index (Phi) is 5.10. The molecule has 2 aromatic rings. The third-order valence-corrected chi connectivity index (χ3v) is 3.29. The van der Waals surface area contributed by atoms with Crippen LogP contribution in [0.2, 0.25) is 5.02 Å². The van der Waals surface area contributed by atoms with E-state index in [2.05, 4.69) is 12.2 Å². The quantitative estimate of drug-likeness (QED) is 0.865. The molecule has 3 nitrogen and oxygen atoms in total. The van der Waals surface area contributed by atoms with E-state index in [1.165, 1.54) is 0 Å². The number of furan rings is 1. The first kappa shape index (κ1) is 14.9. The molecule has 2 rings (SSSR count). The van der Waals surface area contributed by atoms with Gasteiger partial charge in [-0.25, -0.2) is 0 Å². The van der Waals surface area contributed by atoms with Gasteiger partial charge in [0, 0.05) is 17.1 Å². The highest BCUT2D eigenvalue weighted by Gasteiger charge is 2.08. The fraction of sp³-hybridized carbons (Fsp3) is 0.375. The molecule has 0 saturated carbocycles. The van der Waals surface area contributed by atoms with Crippen LogP contribution >= 0.6 is 11.6 Å². The lowest BCUT2D eigenvalue weighted by Crippen LogP contribution is -2.10. The van der Waals surface area contributed by atoms with E-state index in [-0.39, 0.29) is 0 Å². The molecule has 1 aromatic heterocycles. The molecule has 1 heterocycles. The molecule has 0 aliphatic carbocycles. The lowest BCUT2D eigenvalue weighted by Gasteiger charge is -2.11. The van der Waals surface area contributed by atoms with E-state index in [1.807, 2.05) is 32.0 Å². The fourth-order valence-electron chi connectivity index (χ4n) is 2.13. The van der Waals surface area contributed by atoms with Gasteiger partial charge in [-0.15, -0.1) is 0 Å². The zero-order chi connectivity index (χ0) is 14.5. The summed E-state index contributed by atoms with van der Waals surface area (Å²) in [7, 11) is 0. The minimum atomic E-state index is 0.426. The Hall–Kier alpha value is -1.45. The number of hydrogen-bond acceptors (Lipinski definition) is 3. The van der Waals surface area contributed by atoms with Gasteiger partial charge in [-0.05, 0) is 49.7 Å². The maximum Gasteiger partial charge on any atom is 0.146 e. The molecule has 0 aliphatic heterocycles. The van der Waals surface area contributed by atoms with Crippen molar-refractivity contribution in [2.45, 2.75) is 33.9 Å². The smallest absolute Gasteiger partial charge is 0.146 e. The van der Waals surface area contributed by atoms with E-state index in [0.717, 1.165) is 46.3 Å². The zero-order valence-electron chi connectivity index (χ0n) is 12.1. The van der Waals surface area contributed by atoms with Gasteiger partial charge in [0.1, 0.15) is 18.1 Å². The Bertz CT molecular complexity index is 555. The Morgan fingerprint density at radius 2 is 1.90 bits per heavy atom. The summed E-state index contributed by atoms with van der Waals surface area (Å²) >= 11 is 6.01. The Morgan fingerprint density at radius 3 is 2.55 bits per heavy atom. The molecule has 0 atom stereocenters. The van der Waals surface area contributed by atoms with Crippen molar-refractivity contribution in [1.29, 1.82) is 0 Å². The molecule has 0 saturated heterocycles. The second-order valence-corrected chi connectivity index (χ2v) is 5.30. The van der Waals surface area contributed by atoms with Gasteiger partial charge in [0.25, 0.3) is 0 Å². The Balaban J connectivity index is 2.00. The lowest BCUT2D eigenvalue weighted by molar-refractivity contribution is 0.267. The minimum Gasteiger partial charge on any atom is -0.485 e. The van der Waals surface area contributed by atoms with Gasteiger partial charge in [-0.3, -0.25) is 0 Å². The van der Waals surface area contributed by atoms with Crippen LogP contribution in [0, 0.1) is 13.8 Å². The number of nitrogens with one attached hydrogen (secondary N) is 1. The van der Waals surface area contributed by atoms with Crippen LogP contribution in [0.15, 0.2) is 28.9 Å². The number of ether oxygens (including phenoxy) is 1. The molecule has 0 spiro atoms. The van der Waals surface area contributed by atoms with Crippen LogP contribution in [-0.4, -0.2) is 6.54 Å². The summed E-state index contributed by atoms with van der Waals surface area (Å²) < 4.78 is 11.3. The highest BCUT2D eigenvalue weighted by Crippen LogP contribution is 2.27. The number of hydrogen-bond donors (Lipinski definition) is 1. The summed E-state index contributed by atoms with van der Waals surface area (Å²) in [6, 6.07) is 5.83. The van der Waals surface area contributed by atoms with Crippen molar-refractivity contribution in [3.8, 4) is 5.75 Å². The van der Waals surface area contributed by atoms with Gasteiger partial charge >= 0.3 is 0 Å². The molecule has 1 N–H and O–H groups in total. The van der Waals surface area contributed by atoms with Crippen molar-refractivity contribution in [1.82, 2.24) is 5.32 Å². The predicted molar refractivity (Wildman–Crippen MR) is 81.3 cm³/mol. The van der Waals surface area contributed by atoms with Crippen LogP contribution in [0.1, 0.15) is 29.4 Å². The van der Waals surface area contributed by atoms with Crippen LogP contribution < -0.4 is 10.1 Å². The molecule has 0 amide bonds. The van der Waals surface area contributed by atoms with Crippen molar-refractivity contribution in [3.63, 3.8) is 0 Å². The molecular weight excluding hydrogens is 274 g/mol. The van der Waals surface area contributed by atoms with Crippen LogP contribution in [0.5, 0.6) is 5.75 Å². The highest BCUT2D eigenvalue weighted by atomic mass is 35.5. The lowest BCUT2D eigenvalue weighted by atomic mass is 10.1. The second-order valence-electron chi connectivity index (χ2n) is 4.86. The topological polar surface area (TPSA) is 34.4 Å².